The van der Waals surface area contributed by atoms with Crippen molar-refractivity contribution in [1.29, 1.82) is 0 Å². The van der Waals surface area contributed by atoms with Crippen LogP contribution in [0.3, 0.4) is 0 Å². The van der Waals surface area contributed by atoms with Crippen molar-refractivity contribution in [2.45, 2.75) is 26.2 Å². The number of hydrogen-bond donors (Lipinski definition) is 0. The van der Waals surface area contributed by atoms with Crippen molar-refractivity contribution in [3.05, 3.63) is 46.5 Å². The molecular formula is C22H25NO4. The van der Waals surface area contributed by atoms with Crippen molar-refractivity contribution in [2.24, 2.45) is 11.8 Å². The van der Waals surface area contributed by atoms with Crippen LogP contribution in [0, 0.1) is 11.8 Å². The molecule has 0 N–H and O–H groups in total. The highest BCUT2D eigenvalue weighted by atomic mass is 16.5. The van der Waals surface area contributed by atoms with Crippen LogP contribution in [0.4, 0.5) is 0 Å². The average molecular weight is 367 g/mol. The van der Waals surface area contributed by atoms with Crippen LogP contribution in [-0.4, -0.2) is 55.1 Å². The van der Waals surface area contributed by atoms with Gasteiger partial charge in [0.15, 0.2) is 11.6 Å². The third-order valence-electron chi connectivity index (χ3n) is 6.10. The van der Waals surface area contributed by atoms with E-state index in [-0.39, 0.29) is 23.3 Å². The Morgan fingerprint density at radius 1 is 1.00 bits per heavy atom. The van der Waals surface area contributed by atoms with Gasteiger partial charge in [-0.2, -0.15) is 0 Å². The average Bonchev–Trinajstić information content (AvgIpc) is 2.69. The van der Waals surface area contributed by atoms with Gasteiger partial charge in [-0.05, 0) is 25.3 Å². The monoisotopic (exact) mass is 367 g/mol. The van der Waals surface area contributed by atoms with Crippen LogP contribution in [0.2, 0.25) is 0 Å². The Balaban J connectivity index is 1.58. The largest absolute Gasteiger partial charge is 0.379 e. The summed E-state index contributed by atoms with van der Waals surface area (Å²) < 4.78 is 5.38. The number of carbonyl (C=O) groups is 3. The summed E-state index contributed by atoms with van der Waals surface area (Å²) >= 11 is 0. The van der Waals surface area contributed by atoms with Crippen molar-refractivity contribution in [2.75, 3.05) is 32.8 Å². The van der Waals surface area contributed by atoms with Gasteiger partial charge in [0.25, 0.3) is 0 Å². The number of benzene rings is 1. The summed E-state index contributed by atoms with van der Waals surface area (Å²) in [7, 11) is 0. The van der Waals surface area contributed by atoms with Crippen LogP contribution in [0.25, 0.3) is 0 Å². The number of nitrogens with zero attached hydrogens (tertiary/aromatic N) is 1. The van der Waals surface area contributed by atoms with Crippen LogP contribution >= 0.6 is 0 Å². The molecule has 142 valence electrons. The summed E-state index contributed by atoms with van der Waals surface area (Å²) in [5.41, 5.74) is 1.98. The number of ether oxygens (including phenoxy) is 1. The fourth-order valence-corrected chi connectivity index (χ4v) is 4.56. The van der Waals surface area contributed by atoms with E-state index in [9.17, 15) is 14.4 Å². The van der Waals surface area contributed by atoms with Crippen molar-refractivity contribution in [3.63, 3.8) is 0 Å². The predicted molar refractivity (Wildman–Crippen MR) is 101 cm³/mol. The maximum Gasteiger partial charge on any atom is 0.190 e. The van der Waals surface area contributed by atoms with E-state index in [0.717, 1.165) is 45.7 Å². The van der Waals surface area contributed by atoms with Gasteiger partial charge in [-0.25, -0.2) is 0 Å². The smallest absolute Gasteiger partial charge is 0.190 e. The predicted octanol–water partition coefficient (Wildman–Crippen LogP) is 2.70. The molecule has 2 unspecified atom stereocenters. The second kappa shape index (κ2) is 7.49. The van der Waals surface area contributed by atoms with Gasteiger partial charge in [0.2, 0.25) is 0 Å². The van der Waals surface area contributed by atoms with Crippen LogP contribution in [0.1, 0.15) is 46.9 Å². The minimum Gasteiger partial charge on any atom is -0.379 e. The number of Topliss-reactive ketones (excluding diaryl/α,β-unsaturated/α-hetero) is 3. The Hall–Kier alpha value is -2.11. The fourth-order valence-electron chi connectivity index (χ4n) is 4.56. The molecule has 0 bridgehead atoms. The Labute approximate surface area is 159 Å². The Bertz CT molecular complexity index is 819. The third-order valence-corrected chi connectivity index (χ3v) is 6.10. The van der Waals surface area contributed by atoms with Gasteiger partial charge in [0.1, 0.15) is 5.78 Å². The fraction of sp³-hybridized carbons (Fsp3) is 0.500. The highest BCUT2D eigenvalue weighted by Crippen LogP contribution is 2.41. The zero-order chi connectivity index (χ0) is 19.0. The van der Waals surface area contributed by atoms with Crippen molar-refractivity contribution >= 4 is 17.3 Å². The normalized spacial score (nSPS) is 26.2. The Morgan fingerprint density at radius 2 is 1.63 bits per heavy atom. The topological polar surface area (TPSA) is 63.7 Å². The number of hydrogen-bond acceptors (Lipinski definition) is 5. The molecule has 0 spiro atoms. The van der Waals surface area contributed by atoms with Crippen LogP contribution in [-0.2, 0) is 9.53 Å². The van der Waals surface area contributed by atoms with Gasteiger partial charge < -0.3 is 4.74 Å². The molecule has 1 saturated heterocycles. The van der Waals surface area contributed by atoms with E-state index >= 15 is 0 Å². The van der Waals surface area contributed by atoms with E-state index in [2.05, 4.69) is 4.90 Å². The first-order chi connectivity index (χ1) is 13.1. The Morgan fingerprint density at radius 3 is 2.30 bits per heavy atom. The number of rotatable bonds is 4. The van der Waals surface area contributed by atoms with E-state index < -0.39 is 5.92 Å². The lowest BCUT2D eigenvalue weighted by atomic mass is 9.67. The highest BCUT2D eigenvalue weighted by molar-refractivity contribution is 6.29. The summed E-state index contributed by atoms with van der Waals surface area (Å²) in [5.74, 6) is -0.754. The molecule has 3 aliphatic rings. The molecule has 0 aromatic heterocycles. The lowest BCUT2D eigenvalue weighted by Crippen LogP contribution is -2.38. The van der Waals surface area contributed by atoms with Crippen LogP contribution in [0.5, 0.6) is 0 Å². The summed E-state index contributed by atoms with van der Waals surface area (Å²) in [6.45, 7) is 6.08. The second-order valence-electron chi connectivity index (χ2n) is 7.72. The zero-order valence-corrected chi connectivity index (χ0v) is 15.7. The molecule has 1 aromatic carbocycles. The molecule has 0 radical (unpaired) electrons. The standard InChI is InChI=1S/C22H25NO4/c1-14-18(24)13-15(5-4-8-23-9-11-27-12-10-23)20-19(14)21(25)16-6-2-3-7-17(16)22(20)26/h2-3,6-7,14-15H,4-5,8-13H2,1H3. The SMILES string of the molecule is CC1C(=O)CC(CCCN2CCOCC2)C2=C1C(=O)c1ccccc1C2=O. The quantitative estimate of drug-likeness (QED) is 0.819. The molecule has 2 atom stereocenters. The van der Waals surface area contributed by atoms with Gasteiger partial charge >= 0.3 is 0 Å². The molecule has 5 nitrogen and oxygen atoms in total. The molecule has 0 amide bonds. The number of ketones is 3. The van der Waals surface area contributed by atoms with Gasteiger partial charge in [-0.15, -0.1) is 0 Å². The van der Waals surface area contributed by atoms with Crippen molar-refractivity contribution in [3.8, 4) is 0 Å². The van der Waals surface area contributed by atoms with Gasteiger partial charge in [-0.3, -0.25) is 19.3 Å². The van der Waals surface area contributed by atoms with Crippen LogP contribution < -0.4 is 0 Å². The van der Waals surface area contributed by atoms with Gasteiger partial charge in [-0.1, -0.05) is 31.2 Å². The number of fused-ring (bicyclic) bond motifs is 1. The van der Waals surface area contributed by atoms with Crippen molar-refractivity contribution in [1.82, 2.24) is 4.90 Å². The Kier molecular flexibility index (Phi) is 5.06. The molecule has 27 heavy (non-hydrogen) atoms. The lowest BCUT2D eigenvalue weighted by molar-refractivity contribution is -0.122. The van der Waals surface area contributed by atoms with E-state index in [4.69, 9.17) is 4.74 Å². The number of allylic oxidation sites excluding steroid dienone is 2. The molecular weight excluding hydrogens is 342 g/mol. The lowest BCUT2D eigenvalue weighted by Gasteiger charge is -2.34. The summed E-state index contributed by atoms with van der Waals surface area (Å²) in [6, 6.07) is 6.98. The van der Waals surface area contributed by atoms with E-state index in [0.29, 0.717) is 28.7 Å². The van der Waals surface area contributed by atoms with Gasteiger partial charge in [0.05, 0.1) is 13.2 Å². The first-order valence-corrected chi connectivity index (χ1v) is 9.83. The molecule has 5 heteroatoms. The van der Waals surface area contributed by atoms with Crippen LogP contribution in [0.15, 0.2) is 35.4 Å². The molecule has 1 aromatic rings. The number of carbonyl (C=O) groups excluding carboxylic acids is 3. The second-order valence-corrected chi connectivity index (χ2v) is 7.72. The maximum atomic E-state index is 13.2. The van der Waals surface area contributed by atoms with E-state index in [1.165, 1.54) is 0 Å². The molecule has 1 heterocycles. The molecule has 4 rings (SSSR count). The van der Waals surface area contributed by atoms with E-state index in [1.807, 2.05) is 0 Å². The minimum atomic E-state index is -0.486. The molecule has 0 saturated carbocycles. The van der Waals surface area contributed by atoms with E-state index in [1.54, 1.807) is 31.2 Å². The highest BCUT2D eigenvalue weighted by Gasteiger charge is 2.43. The third kappa shape index (κ3) is 3.30. The summed E-state index contributed by atoms with van der Waals surface area (Å²) in [5, 5.41) is 0. The minimum absolute atomic E-state index is 0.0593. The molecule has 1 aliphatic heterocycles. The zero-order valence-electron chi connectivity index (χ0n) is 15.7. The van der Waals surface area contributed by atoms with Gasteiger partial charge in [0, 0.05) is 47.7 Å². The first kappa shape index (κ1) is 18.3. The maximum absolute atomic E-state index is 13.2. The number of morpholine rings is 1. The van der Waals surface area contributed by atoms with Crippen molar-refractivity contribution < 1.29 is 19.1 Å². The summed E-state index contributed by atoms with van der Waals surface area (Å²) in [4.78, 5) is 41.1. The molecule has 2 aliphatic carbocycles. The summed E-state index contributed by atoms with van der Waals surface area (Å²) in [6.07, 6.45) is 2.03. The first-order valence-electron chi connectivity index (χ1n) is 9.83. The molecule has 1 fully saturated rings.